The summed E-state index contributed by atoms with van der Waals surface area (Å²) in [7, 11) is 0. The molecule has 0 unspecified atom stereocenters. The summed E-state index contributed by atoms with van der Waals surface area (Å²) in [6.45, 7) is 8.54. The van der Waals surface area contributed by atoms with Gasteiger partial charge in [-0.3, -0.25) is 0 Å². The second-order valence-corrected chi connectivity index (χ2v) is 10.4. The lowest BCUT2D eigenvalue weighted by molar-refractivity contribution is -0.215. The van der Waals surface area contributed by atoms with Crippen LogP contribution in [0.5, 0.6) is 0 Å². The van der Waals surface area contributed by atoms with Crippen LogP contribution < -0.4 is 0 Å². The Morgan fingerprint density at radius 1 is 0.774 bits per heavy atom. The van der Waals surface area contributed by atoms with Crippen molar-refractivity contribution in [2.75, 3.05) is 13.2 Å². The molecule has 2 fully saturated rings. The molecule has 0 radical (unpaired) electrons. The first-order valence-corrected chi connectivity index (χ1v) is 13.5. The van der Waals surface area contributed by atoms with E-state index in [1.165, 1.54) is 107 Å². The Kier molecular flexibility index (Phi) is 10.9. The van der Waals surface area contributed by atoms with Gasteiger partial charge in [0, 0.05) is 11.5 Å². The highest BCUT2D eigenvalue weighted by atomic mass is 16.7. The van der Waals surface area contributed by atoms with Crippen LogP contribution in [0, 0.1) is 24.7 Å². The minimum Gasteiger partial charge on any atom is -0.348 e. The van der Waals surface area contributed by atoms with Crippen molar-refractivity contribution < 1.29 is 9.47 Å². The third kappa shape index (κ3) is 7.90. The van der Waals surface area contributed by atoms with Gasteiger partial charge in [0.1, 0.15) is 0 Å². The van der Waals surface area contributed by atoms with Crippen molar-refractivity contribution in [2.45, 2.75) is 117 Å². The van der Waals surface area contributed by atoms with Gasteiger partial charge in [0.25, 0.3) is 0 Å². The molecule has 0 amide bonds. The maximum Gasteiger partial charge on any atom is 0.184 e. The van der Waals surface area contributed by atoms with Crippen LogP contribution in [0.2, 0.25) is 0 Å². The third-order valence-corrected chi connectivity index (χ3v) is 7.85. The molecular weight excluding hydrogens is 380 g/mol. The van der Waals surface area contributed by atoms with E-state index in [-0.39, 0.29) is 6.29 Å². The van der Waals surface area contributed by atoms with Gasteiger partial charge in [-0.2, -0.15) is 0 Å². The molecule has 176 valence electrons. The Hall–Kier alpha value is -0.860. The van der Waals surface area contributed by atoms with Crippen LogP contribution in [0.25, 0.3) is 0 Å². The fourth-order valence-corrected chi connectivity index (χ4v) is 5.69. The van der Waals surface area contributed by atoms with Crippen molar-refractivity contribution in [3.05, 3.63) is 34.9 Å². The molecule has 0 N–H and O–H groups in total. The van der Waals surface area contributed by atoms with Crippen LogP contribution >= 0.6 is 0 Å². The molecule has 31 heavy (non-hydrogen) atoms. The van der Waals surface area contributed by atoms with E-state index in [2.05, 4.69) is 39.0 Å². The highest BCUT2D eigenvalue weighted by Crippen LogP contribution is 2.39. The van der Waals surface area contributed by atoms with Gasteiger partial charge in [-0.1, -0.05) is 96.3 Å². The van der Waals surface area contributed by atoms with Crippen LogP contribution in [0.4, 0.5) is 0 Å². The van der Waals surface area contributed by atoms with Gasteiger partial charge in [-0.25, -0.2) is 0 Å². The fourth-order valence-electron chi connectivity index (χ4n) is 5.69. The molecule has 1 saturated carbocycles. The lowest BCUT2D eigenvalue weighted by Gasteiger charge is -2.38. The molecule has 0 aromatic heterocycles. The fraction of sp³-hybridized carbons (Fsp3) is 0.793. The zero-order chi connectivity index (χ0) is 21.9. The number of ether oxygens (including phenoxy) is 2. The molecule has 1 aliphatic carbocycles. The summed E-state index contributed by atoms with van der Waals surface area (Å²) in [6, 6.07) is 6.90. The smallest absolute Gasteiger partial charge is 0.184 e. The van der Waals surface area contributed by atoms with E-state index in [9.17, 15) is 0 Å². The van der Waals surface area contributed by atoms with Crippen molar-refractivity contribution in [3.63, 3.8) is 0 Å². The van der Waals surface area contributed by atoms with E-state index in [4.69, 9.17) is 9.47 Å². The second kappa shape index (κ2) is 13.6. The average Bonchev–Trinajstić information content (AvgIpc) is 2.80. The number of benzene rings is 1. The van der Waals surface area contributed by atoms with Gasteiger partial charge in [-0.15, -0.1) is 0 Å². The van der Waals surface area contributed by atoms with Crippen molar-refractivity contribution >= 4 is 0 Å². The van der Waals surface area contributed by atoms with Gasteiger partial charge in [-0.05, 0) is 55.6 Å². The van der Waals surface area contributed by atoms with Crippen molar-refractivity contribution in [3.8, 4) is 0 Å². The summed E-state index contributed by atoms with van der Waals surface area (Å²) in [5, 5.41) is 0. The molecule has 1 aromatic rings. The Morgan fingerprint density at radius 2 is 1.45 bits per heavy atom. The predicted octanol–water partition coefficient (Wildman–Crippen LogP) is 8.56. The third-order valence-electron chi connectivity index (χ3n) is 7.85. The van der Waals surface area contributed by atoms with Crippen LogP contribution in [-0.2, 0) is 15.9 Å². The summed E-state index contributed by atoms with van der Waals surface area (Å²) in [6.07, 6.45) is 19.0. The first-order valence-electron chi connectivity index (χ1n) is 13.5. The van der Waals surface area contributed by atoms with Crippen LogP contribution in [0.15, 0.2) is 18.2 Å². The van der Waals surface area contributed by atoms with Gasteiger partial charge < -0.3 is 9.47 Å². The topological polar surface area (TPSA) is 18.5 Å². The summed E-state index contributed by atoms with van der Waals surface area (Å²) >= 11 is 0. The van der Waals surface area contributed by atoms with Crippen LogP contribution in [-0.4, -0.2) is 13.2 Å². The maximum absolute atomic E-state index is 6.26. The summed E-state index contributed by atoms with van der Waals surface area (Å²) in [5.41, 5.74) is 4.01. The lowest BCUT2D eigenvalue weighted by atomic mass is 9.74. The van der Waals surface area contributed by atoms with E-state index >= 15 is 0 Å². The van der Waals surface area contributed by atoms with Crippen molar-refractivity contribution in [2.24, 2.45) is 17.8 Å². The zero-order valence-electron chi connectivity index (χ0n) is 20.7. The second-order valence-electron chi connectivity index (χ2n) is 10.4. The maximum atomic E-state index is 6.26. The van der Waals surface area contributed by atoms with Gasteiger partial charge in [0.15, 0.2) is 6.29 Å². The van der Waals surface area contributed by atoms with Crippen LogP contribution in [0.1, 0.15) is 120 Å². The molecule has 0 spiro atoms. The van der Waals surface area contributed by atoms with E-state index in [0.29, 0.717) is 5.92 Å². The number of aryl methyl sites for hydroxylation is 2. The minimum atomic E-state index is -0.166. The molecule has 2 heteroatoms. The Bertz CT molecular complexity index is 609. The Morgan fingerprint density at radius 3 is 2.13 bits per heavy atom. The molecule has 1 aromatic carbocycles. The standard InChI is InChI=1S/C29H48O2/c1-4-6-8-9-11-13-25-16-19-28(23(3)20-25)29-30-21-27(22-31-29)26-17-14-24(15-18-26)12-10-7-5-2/h16,19-20,24,26-27,29H,4-15,17-18,21-22H2,1-3H3/t24-,26-,27?,29?. The van der Waals surface area contributed by atoms with Gasteiger partial charge in [0.05, 0.1) is 13.2 Å². The van der Waals surface area contributed by atoms with Gasteiger partial charge in [0.2, 0.25) is 0 Å². The first-order chi connectivity index (χ1) is 15.2. The summed E-state index contributed by atoms with van der Waals surface area (Å²) < 4.78 is 12.5. The van der Waals surface area contributed by atoms with E-state index in [0.717, 1.165) is 25.0 Å². The molecule has 0 atom stereocenters. The molecule has 1 saturated heterocycles. The minimum absolute atomic E-state index is 0.166. The highest BCUT2D eigenvalue weighted by Gasteiger charge is 2.32. The number of rotatable bonds is 12. The number of hydrogen-bond donors (Lipinski definition) is 0. The molecular formula is C29H48O2. The normalized spacial score (nSPS) is 26.8. The molecule has 3 rings (SSSR count). The number of hydrogen-bond acceptors (Lipinski definition) is 2. The monoisotopic (exact) mass is 428 g/mol. The number of unbranched alkanes of at least 4 members (excludes halogenated alkanes) is 6. The van der Waals surface area contributed by atoms with Crippen LogP contribution in [0.3, 0.4) is 0 Å². The summed E-state index contributed by atoms with van der Waals surface area (Å²) in [4.78, 5) is 0. The Balaban J connectivity index is 1.39. The zero-order valence-corrected chi connectivity index (χ0v) is 20.7. The SMILES string of the molecule is CCCCCCCc1ccc(C2OCC([C@H]3CC[C@H](CCCCC)CC3)CO2)c(C)c1. The summed E-state index contributed by atoms with van der Waals surface area (Å²) in [5.74, 6) is 2.38. The first kappa shape index (κ1) is 24.8. The van der Waals surface area contributed by atoms with Crippen molar-refractivity contribution in [1.29, 1.82) is 0 Å². The van der Waals surface area contributed by atoms with E-state index in [1.807, 2.05) is 0 Å². The van der Waals surface area contributed by atoms with Gasteiger partial charge >= 0.3 is 0 Å². The molecule has 1 heterocycles. The molecule has 1 aliphatic heterocycles. The highest BCUT2D eigenvalue weighted by molar-refractivity contribution is 5.32. The molecule has 2 aliphatic rings. The van der Waals surface area contributed by atoms with E-state index < -0.39 is 0 Å². The molecule has 2 nitrogen and oxygen atoms in total. The largest absolute Gasteiger partial charge is 0.348 e. The van der Waals surface area contributed by atoms with Crippen molar-refractivity contribution in [1.82, 2.24) is 0 Å². The lowest BCUT2D eigenvalue weighted by Crippen LogP contribution is -2.34. The quantitative estimate of drug-likeness (QED) is 0.310. The molecule has 0 bridgehead atoms. The average molecular weight is 429 g/mol. The Labute approximate surface area is 192 Å². The van der Waals surface area contributed by atoms with E-state index in [1.54, 1.807) is 0 Å². The predicted molar refractivity (Wildman–Crippen MR) is 131 cm³/mol.